The van der Waals surface area contributed by atoms with Crippen LogP contribution in [0.15, 0.2) is 18.2 Å². The maximum Gasteiger partial charge on any atom is 0.416 e. The zero-order valence-electron chi connectivity index (χ0n) is 11.3. The van der Waals surface area contributed by atoms with Gasteiger partial charge in [0.25, 0.3) is 0 Å². The van der Waals surface area contributed by atoms with E-state index in [1.54, 1.807) is 0 Å². The molecule has 1 fully saturated rings. The Labute approximate surface area is 116 Å². The maximum absolute atomic E-state index is 12.7. The standard InChI is InChI=1S/C14H18F3NO2/c1-2-18(12-5-6-20-9-12)13-4-3-11(14(15,16)17)7-10(13)8-19/h3-4,7,12,19H,2,5-6,8-9H2,1H3/t12-/m0/s1. The monoisotopic (exact) mass is 289 g/mol. The third kappa shape index (κ3) is 3.07. The van der Waals surface area contributed by atoms with Gasteiger partial charge in [-0.05, 0) is 31.5 Å². The summed E-state index contributed by atoms with van der Waals surface area (Å²) in [5.74, 6) is 0. The predicted octanol–water partition coefficient (Wildman–Crippen LogP) is 2.81. The number of hydrogen-bond donors (Lipinski definition) is 1. The van der Waals surface area contributed by atoms with Gasteiger partial charge in [0.05, 0.1) is 24.8 Å². The molecule has 1 atom stereocenters. The molecule has 0 aliphatic carbocycles. The van der Waals surface area contributed by atoms with Gasteiger partial charge in [0, 0.05) is 24.4 Å². The molecule has 1 aromatic rings. The SMILES string of the molecule is CCN(c1ccc(C(F)(F)F)cc1CO)[C@H]1CCOC1. The van der Waals surface area contributed by atoms with Gasteiger partial charge in [-0.2, -0.15) is 13.2 Å². The molecule has 3 nitrogen and oxygen atoms in total. The fraction of sp³-hybridized carbons (Fsp3) is 0.571. The van der Waals surface area contributed by atoms with E-state index in [1.165, 1.54) is 6.07 Å². The Balaban J connectivity index is 2.34. The quantitative estimate of drug-likeness (QED) is 0.925. The highest BCUT2D eigenvalue weighted by atomic mass is 19.4. The molecule has 1 N–H and O–H groups in total. The minimum Gasteiger partial charge on any atom is -0.392 e. The first-order chi connectivity index (χ1) is 9.47. The van der Waals surface area contributed by atoms with Gasteiger partial charge in [-0.15, -0.1) is 0 Å². The van der Waals surface area contributed by atoms with Crippen LogP contribution in [0.1, 0.15) is 24.5 Å². The number of ether oxygens (including phenoxy) is 1. The molecule has 1 heterocycles. The summed E-state index contributed by atoms with van der Waals surface area (Å²) < 4.78 is 43.4. The number of halogens is 3. The molecule has 6 heteroatoms. The van der Waals surface area contributed by atoms with E-state index in [0.29, 0.717) is 31.0 Å². The first-order valence-electron chi connectivity index (χ1n) is 6.62. The molecule has 2 rings (SSSR count). The normalized spacial score (nSPS) is 19.4. The lowest BCUT2D eigenvalue weighted by molar-refractivity contribution is -0.137. The van der Waals surface area contributed by atoms with Crippen LogP contribution in [0, 0.1) is 0 Å². The molecule has 0 unspecified atom stereocenters. The Bertz CT molecular complexity index is 456. The summed E-state index contributed by atoms with van der Waals surface area (Å²) in [4.78, 5) is 2.00. The van der Waals surface area contributed by atoms with Gasteiger partial charge in [0.1, 0.15) is 0 Å². The van der Waals surface area contributed by atoms with Gasteiger partial charge in [-0.25, -0.2) is 0 Å². The van der Waals surface area contributed by atoms with Crippen molar-refractivity contribution in [3.05, 3.63) is 29.3 Å². The Morgan fingerprint density at radius 3 is 2.65 bits per heavy atom. The van der Waals surface area contributed by atoms with Crippen molar-refractivity contribution in [2.75, 3.05) is 24.7 Å². The van der Waals surface area contributed by atoms with Gasteiger partial charge >= 0.3 is 6.18 Å². The summed E-state index contributed by atoms with van der Waals surface area (Å²) in [6.07, 6.45) is -3.55. The fourth-order valence-corrected chi connectivity index (χ4v) is 2.56. The summed E-state index contributed by atoms with van der Waals surface area (Å²) >= 11 is 0. The summed E-state index contributed by atoms with van der Waals surface area (Å²) in [5.41, 5.74) is 0.219. The van der Waals surface area contributed by atoms with E-state index in [9.17, 15) is 18.3 Å². The van der Waals surface area contributed by atoms with Crippen molar-refractivity contribution in [3.63, 3.8) is 0 Å². The van der Waals surface area contributed by atoms with Crippen LogP contribution in [0.3, 0.4) is 0 Å². The molecule has 1 aliphatic heterocycles. The number of benzene rings is 1. The molecule has 0 spiro atoms. The summed E-state index contributed by atoms with van der Waals surface area (Å²) in [5, 5.41) is 9.37. The van der Waals surface area contributed by atoms with Crippen molar-refractivity contribution < 1.29 is 23.0 Å². The Morgan fingerprint density at radius 1 is 1.40 bits per heavy atom. The molecule has 20 heavy (non-hydrogen) atoms. The van der Waals surface area contributed by atoms with E-state index in [0.717, 1.165) is 18.6 Å². The summed E-state index contributed by atoms with van der Waals surface area (Å²) in [6.45, 7) is 3.42. The van der Waals surface area contributed by atoms with E-state index in [4.69, 9.17) is 4.74 Å². The highest BCUT2D eigenvalue weighted by Gasteiger charge is 2.32. The maximum atomic E-state index is 12.7. The summed E-state index contributed by atoms with van der Waals surface area (Å²) in [7, 11) is 0. The van der Waals surface area contributed by atoms with E-state index in [-0.39, 0.29) is 6.04 Å². The first-order valence-corrected chi connectivity index (χ1v) is 6.62. The fourth-order valence-electron chi connectivity index (χ4n) is 2.56. The number of nitrogens with zero attached hydrogens (tertiary/aromatic N) is 1. The lowest BCUT2D eigenvalue weighted by atomic mass is 10.1. The molecule has 0 amide bonds. The van der Waals surface area contributed by atoms with Crippen LogP contribution in [-0.2, 0) is 17.5 Å². The van der Waals surface area contributed by atoms with Crippen LogP contribution in [-0.4, -0.2) is 30.9 Å². The van der Waals surface area contributed by atoms with Crippen molar-refractivity contribution >= 4 is 5.69 Å². The first kappa shape index (κ1) is 15.1. The van der Waals surface area contributed by atoms with Gasteiger partial charge in [-0.3, -0.25) is 0 Å². The van der Waals surface area contributed by atoms with Crippen molar-refractivity contribution in [2.45, 2.75) is 32.2 Å². The zero-order chi connectivity index (χ0) is 14.8. The lowest BCUT2D eigenvalue weighted by Gasteiger charge is -2.31. The van der Waals surface area contributed by atoms with E-state index in [1.807, 2.05) is 11.8 Å². The van der Waals surface area contributed by atoms with E-state index < -0.39 is 18.3 Å². The molecular weight excluding hydrogens is 271 g/mol. The number of hydrogen-bond acceptors (Lipinski definition) is 3. The second kappa shape index (κ2) is 6.01. The van der Waals surface area contributed by atoms with Crippen molar-refractivity contribution in [1.29, 1.82) is 0 Å². The molecule has 1 aliphatic rings. The van der Waals surface area contributed by atoms with Crippen molar-refractivity contribution in [1.82, 2.24) is 0 Å². The minimum absolute atomic E-state index is 0.155. The van der Waals surface area contributed by atoms with Crippen LogP contribution in [0.2, 0.25) is 0 Å². The Morgan fingerprint density at radius 2 is 2.15 bits per heavy atom. The van der Waals surface area contributed by atoms with Gasteiger partial charge in [0.2, 0.25) is 0 Å². The third-order valence-corrected chi connectivity index (χ3v) is 3.57. The van der Waals surface area contributed by atoms with Crippen molar-refractivity contribution in [2.24, 2.45) is 0 Å². The molecule has 0 bridgehead atoms. The number of alkyl halides is 3. The van der Waals surface area contributed by atoms with Crippen LogP contribution >= 0.6 is 0 Å². The largest absolute Gasteiger partial charge is 0.416 e. The predicted molar refractivity (Wildman–Crippen MR) is 69.6 cm³/mol. The Kier molecular flexibility index (Phi) is 4.55. The van der Waals surface area contributed by atoms with E-state index >= 15 is 0 Å². The lowest BCUT2D eigenvalue weighted by Crippen LogP contribution is -2.36. The second-order valence-corrected chi connectivity index (χ2v) is 4.80. The molecule has 0 radical (unpaired) electrons. The zero-order valence-corrected chi connectivity index (χ0v) is 11.3. The van der Waals surface area contributed by atoms with Crippen LogP contribution < -0.4 is 4.90 Å². The topological polar surface area (TPSA) is 32.7 Å². The molecular formula is C14H18F3NO2. The second-order valence-electron chi connectivity index (χ2n) is 4.80. The molecule has 0 saturated carbocycles. The average molecular weight is 289 g/mol. The third-order valence-electron chi connectivity index (χ3n) is 3.57. The Hall–Kier alpha value is -1.27. The smallest absolute Gasteiger partial charge is 0.392 e. The molecule has 0 aromatic heterocycles. The highest BCUT2D eigenvalue weighted by Crippen LogP contribution is 2.34. The number of aliphatic hydroxyl groups is 1. The minimum atomic E-state index is -4.39. The number of rotatable bonds is 4. The van der Waals surface area contributed by atoms with Gasteiger partial charge in [-0.1, -0.05) is 0 Å². The van der Waals surface area contributed by atoms with Crippen molar-refractivity contribution in [3.8, 4) is 0 Å². The molecule has 112 valence electrons. The molecule has 1 saturated heterocycles. The van der Waals surface area contributed by atoms with Gasteiger partial charge < -0.3 is 14.7 Å². The summed E-state index contributed by atoms with van der Waals surface area (Å²) in [6, 6.07) is 3.68. The van der Waals surface area contributed by atoms with Crippen LogP contribution in [0.4, 0.5) is 18.9 Å². The number of anilines is 1. The number of likely N-dealkylation sites (N-methyl/N-ethyl adjacent to an activating group) is 1. The number of aliphatic hydroxyl groups excluding tert-OH is 1. The van der Waals surface area contributed by atoms with Crippen LogP contribution in [0.25, 0.3) is 0 Å². The van der Waals surface area contributed by atoms with Crippen LogP contribution in [0.5, 0.6) is 0 Å². The van der Waals surface area contributed by atoms with E-state index in [2.05, 4.69) is 0 Å². The highest BCUT2D eigenvalue weighted by molar-refractivity contribution is 5.56. The van der Waals surface area contributed by atoms with Gasteiger partial charge in [0.15, 0.2) is 0 Å². The average Bonchev–Trinajstić information content (AvgIpc) is 2.92. The molecule has 1 aromatic carbocycles.